The monoisotopic (exact) mass is 251 g/mol. The Balaban J connectivity index is 1.69. The summed E-state index contributed by atoms with van der Waals surface area (Å²) in [6.07, 6.45) is 3.83. The molecule has 0 radical (unpaired) electrons. The Morgan fingerprint density at radius 2 is 1.37 bits per heavy atom. The van der Waals surface area contributed by atoms with E-state index in [9.17, 15) is 0 Å². The quantitative estimate of drug-likeness (QED) is 0.839. The minimum Gasteiger partial charge on any atom is -0.309 e. The zero-order valence-corrected chi connectivity index (χ0v) is 11.3. The summed E-state index contributed by atoms with van der Waals surface area (Å²) >= 11 is 0. The van der Waals surface area contributed by atoms with E-state index in [1.807, 2.05) is 0 Å². The highest BCUT2D eigenvalue weighted by Crippen LogP contribution is 2.29. The third kappa shape index (κ3) is 3.05. The molecule has 1 aliphatic heterocycles. The highest BCUT2D eigenvalue weighted by molar-refractivity contribution is 5.22. The molecule has 1 saturated heterocycles. The number of hydrogen-bond donors (Lipinski definition) is 1. The van der Waals surface area contributed by atoms with E-state index in [-0.39, 0.29) is 0 Å². The highest BCUT2D eigenvalue weighted by atomic mass is 14.9. The second-order valence-corrected chi connectivity index (χ2v) is 5.41. The maximum atomic E-state index is 3.75. The van der Waals surface area contributed by atoms with Gasteiger partial charge in [-0.25, -0.2) is 0 Å². The van der Waals surface area contributed by atoms with Crippen LogP contribution in [0.1, 0.15) is 42.3 Å². The van der Waals surface area contributed by atoms with Crippen molar-refractivity contribution < 1.29 is 0 Å². The topological polar surface area (TPSA) is 12.0 Å². The summed E-state index contributed by atoms with van der Waals surface area (Å²) in [5, 5.41) is 3.75. The van der Waals surface area contributed by atoms with Crippen molar-refractivity contribution in [3.8, 4) is 0 Å². The zero-order chi connectivity index (χ0) is 12.9. The Morgan fingerprint density at radius 1 is 0.737 bits per heavy atom. The molecule has 0 amide bonds. The molecule has 1 fully saturated rings. The Kier molecular flexibility index (Phi) is 3.95. The van der Waals surface area contributed by atoms with Crippen LogP contribution in [0.4, 0.5) is 0 Å². The lowest BCUT2D eigenvalue weighted by Gasteiger charge is -2.18. The predicted molar refractivity (Wildman–Crippen MR) is 80.2 cm³/mol. The molecule has 2 aromatic rings. The van der Waals surface area contributed by atoms with Crippen molar-refractivity contribution in [1.82, 2.24) is 5.32 Å². The molecule has 1 N–H and O–H groups in total. The lowest BCUT2D eigenvalue weighted by molar-refractivity contribution is 0.526. The molecule has 0 aliphatic carbocycles. The van der Waals surface area contributed by atoms with E-state index in [1.165, 1.54) is 30.4 Å². The Morgan fingerprint density at radius 3 is 2.05 bits per heavy atom. The maximum absolute atomic E-state index is 3.75. The van der Waals surface area contributed by atoms with Gasteiger partial charge in [-0.15, -0.1) is 0 Å². The minimum atomic E-state index is 0.523. The highest BCUT2D eigenvalue weighted by Gasteiger charge is 2.20. The van der Waals surface area contributed by atoms with E-state index in [4.69, 9.17) is 0 Å². The van der Waals surface area contributed by atoms with Crippen LogP contribution in [-0.4, -0.2) is 6.54 Å². The second-order valence-electron chi connectivity index (χ2n) is 5.41. The molecule has 0 aromatic heterocycles. The third-order valence-electron chi connectivity index (χ3n) is 4.13. The fourth-order valence-electron chi connectivity index (χ4n) is 3.04. The van der Waals surface area contributed by atoms with Gasteiger partial charge in [-0.3, -0.25) is 0 Å². The van der Waals surface area contributed by atoms with Crippen LogP contribution in [-0.2, 0) is 0 Å². The van der Waals surface area contributed by atoms with Gasteiger partial charge in [0.25, 0.3) is 0 Å². The maximum Gasteiger partial charge on any atom is 0.0320 e. The van der Waals surface area contributed by atoms with Crippen LogP contribution in [0.15, 0.2) is 60.7 Å². The van der Waals surface area contributed by atoms with Crippen LogP contribution in [0.25, 0.3) is 0 Å². The molecule has 0 spiro atoms. The van der Waals surface area contributed by atoms with Gasteiger partial charge >= 0.3 is 0 Å². The molecule has 1 nitrogen and oxygen atoms in total. The third-order valence-corrected chi connectivity index (χ3v) is 4.13. The molecule has 0 unspecified atom stereocenters. The van der Waals surface area contributed by atoms with Crippen molar-refractivity contribution >= 4 is 0 Å². The summed E-state index contributed by atoms with van der Waals surface area (Å²) in [5.41, 5.74) is 2.90. The van der Waals surface area contributed by atoms with Crippen molar-refractivity contribution in [1.29, 1.82) is 0 Å². The standard InChI is InChI=1S/C18H21N/c1-3-8-15(9-4-1)17-12-7-13-18(19-14-17)16-10-5-2-6-11-16/h1-6,8-11,17-19H,7,12-14H2/t17-,18-/m1/s1. The first-order valence-corrected chi connectivity index (χ1v) is 7.27. The molecular weight excluding hydrogens is 230 g/mol. The van der Waals surface area contributed by atoms with Crippen molar-refractivity contribution in [2.45, 2.75) is 31.2 Å². The van der Waals surface area contributed by atoms with Gasteiger partial charge in [0.05, 0.1) is 0 Å². The van der Waals surface area contributed by atoms with Crippen molar-refractivity contribution in [3.63, 3.8) is 0 Å². The fraction of sp³-hybridized carbons (Fsp3) is 0.333. The predicted octanol–water partition coefficient (Wildman–Crippen LogP) is 4.29. The number of rotatable bonds is 2. The lowest BCUT2D eigenvalue weighted by atomic mass is 9.94. The SMILES string of the molecule is c1ccc([C@@H]2CCC[C@H](c3ccccc3)NC2)cc1. The van der Waals surface area contributed by atoms with Gasteiger partial charge in [-0.05, 0) is 29.9 Å². The summed E-state index contributed by atoms with van der Waals surface area (Å²) in [6.45, 7) is 1.09. The number of hydrogen-bond acceptors (Lipinski definition) is 1. The van der Waals surface area contributed by atoms with Crippen LogP contribution in [0, 0.1) is 0 Å². The summed E-state index contributed by atoms with van der Waals surface area (Å²) in [5.74, 6) is 0.662. The first-order chi connectivity index (χ1) is 9.43. The van der Waals surface area contributed by atoms with Gasteiger partial charge < -0.3 is 5.32 Å². The first kappa shape index (κ1) is 12.4. The fourth-order valence-corrected chi connectivity index (χ4v) is 3.04. The molecule has 3 rings (SSSR count). The average Bonchev–Trinajstić information content (AvgIpc) is 2.75. The van der Waals surface area contributed by atoms with E-state index in [1.54, 1.807) is 0 Å². The molecule has 1 heterocycles. The summed E-state index contributed by atoms with van der Waals surface area (Å²) in [6, 6.07) is 22.3. The van der Waals surface area contributed by atoms with Crippen molar-refractivity contribution in [3.05, 3.63) is 71.8 Å². The molecule has 19 heavy (non-hydrogen) atoms. The van der Waals surface area contributed by atoms with Crippen molar-refractivity contribution in [2.75, 3.05) is 6.54 Å². The van der Waals surface area contributed by atoms with Crippen LogP contribution >= 0.6 is 0 Å². The van der Waals surface area contributed by atoms with Crippen molar-refractivity contribution in [2.24, 2.45) is 0 Å². The molecule has 1 heteroatoms. The van der Waals surface area contributed by atoms with Crippen LogP contribution in [0.5, 0.6) is 0 Å². The first-order valence-electron chi connectivity index (χ1n) is 7.27. The molecule has 0 saturated carbocycles. The van der Waals surface area contributed by atoms with Gasteiger partial charge in [-0.2, -0.15) is 0 Å². The molecule has 2 aromatic carbocycles. The molecular formula is C18H21N. The van der Waals surface area contributed by atoms with Crippen LogP contribution in [0.3, 0.4) is 0 Å². The Labute approximate surface area is 115 Å². The van der Waals surface area contributed by atoms with Gasteiger partial charge in [0.2, 0.25) is 0 Å². The molecule has 98 valence electrons. The van der Waals surface area contributed by atoms with E-state index in [2.05, 4.69) is 66.0 Å². The van der Waals surface area contributed by atoms with Crippen LogP contribution in [0.2, 0.25) is 0 Å². The van der Waals surface area contributed by atoms with E-state index in [0.29, 0.717) is 12.0 Å². The summed E-state index contributed by atoms with van der Waals surface area (Å²) in [4.78, 5) is 0. The van der Waals surface area contributed by atoms with Gasteiger partial charge in [0.1, 0.15) is 0 Å². The Hall–Kier alpha value is -1.60. The van der Waals surface area contributed by atoms with E-state index < -0.39 is 0 Å². The molecule has 0 bridgehead atoms. The normalized spacial score (nSPS) is 23.8. The largest absolute Gasteiger partial charge is 0.309 e. The smallest absolute Gasteiger partial charge is 0.0320 e. The molecule has 2 atom stereocenters. The number of nitrogens with one attached hydrogen (secondary N) is 1. The lowest BCUT2D eigenvalue weighted by Crippen LogP contribution is -2.23. The average molecular weight is 251 g/mol. The summed E-state index contributed by atoms with van der Waals surface area (Å²) < 4.78 is 0. The zero-order valence-electron chi connectivity index (χ0n) is 11.3. The summed E-state index contributed by atoms with van der Waals surface area (Å²) in [7, 11) is 0. The minimum absolute atomic E-state index is 0.523. The van der Waals surface area contributed by atoms with Gasteiger partial charge in [-0.1, -0.05) is 67.1 Å². The van der Waals surface area contributed by atoms with E-state index in [0.717, 1.165) is 6.54 Å². The van der Waals surface area contributed by atoms with Crippen LogP contribution < -0.4 is 5.32 Å². The van der Waals surface area contributed by atoms with E-state index >= 15 is 0 Å². The molecule has 1 aliphatic rings. The number of benzene rings is 2. The van der Waals surface area contributed by atoms with Gasteiger partial charge in [0.15, 0.2) is 0 Å². The Bertz CT molecular complexity index is 444. The second kappa shape index (κ2) is 6.03. The van der Waals surface area contributed by atoms with Gasteiger partial charge in [0, 0.05) is 12.6 Å².